The maximum Gasteiger partial charge on any atom is 0.158 e. The number of nitrogens with zero attached hydrogens (tertiary/aromatic N) is 4. The number of morpholine rings is 1. The Morgan fingerprint density at radius 3 is 2.68 bits per heavy atom. The van der Waals surface area contributed by atoms with Crippen LogP contribution in [0.3, 0.4) is 0 Å². The Hall–Kier alpha value is -2.87. The Balaban J connectivity index is 1.70. The summed E-state index contributed by atoms with van der Waals surface area (Å²) in [5.41, 5.74) is 2.79. The molecule has 0 bridgehead atoms. The van der Waals surface area contributed by atoms with Crippen LogP contribution in [0.5, 0.6) is 0 Å². The quantitative estimate of drug-likeness (QED) is 0.740. The molecule has 6 nitrogen and oxygen atoms in total. The number of hydrogen-bond acceptors (Lipinski definition) is 6. The fourth-order valence-corrected chi connectivity index (χ4v) is 3.39. The van der Waals surface area contributed by atoms with Crippen LogP contribution in [-0.4, -0.2) is 41.5 Å². The number of pyridine rings is 1. The SMILES string of the molecule is Cc1nnc(N[C@H](C)c2ccc(F)cc2F)c2cc(N3CCOCC3)cnc12. The van der Waals surface area contributed by atoms with Gasteiger partial charge in [-0.15, -0.1) is 5.10 Å². The summed E-state index contributed by atoms with van der Waals surface area (Å²) in [6.07, 6.45) is 1.83. The number of aromatic nitrogens is 3. The Morgan fingerprint density at radius 2 is 1.93 bits per heavy atom. The van der Waals surface area contributed by atoms with Crippen LogP contribution in [0.1, 0.15) is 24.2 Å². The molecule has 2 aromatic heterocycles. The van der Waals surface area contributed by atoms with Crippen LogP contribution < -0.4 is 10.2 Å². The highest BCUT2D eigenvalue weighted by Crippen LogP contribution is 2.29. The zero-order valence-corrected chi connectivity index (χ0v) is 15.7. The van der Waals surface area contributed by atoms with Gasteiger partial charge in [0, 0.05) is 30.1 Å². The van der Waals surface area contributed by atoms with Gasteiger partial charge in [-0.05, 0) is 26.0 Å². The maximum atomic E-state index is 14.1. The summed E-state index contributed by atoms with van der Waals surface area (Å²) in [6.45, 7) is 6.59. The maximum absolute atomic E-state index is 14.1. The Labute approximate surface area is 161 Å². The molecule has 1 saturated heterocycles. The molecule has 0 spiro atoms. The molecule has 3 aromatic rings. The second-order valence-electron chi connectivity index (χ2n) is 6.85. The minimum absolute atomic E-state index is 0.356. The third-order valence-electron chi connectivity index (χ3n) is 4.93. The molecule has 1 aliphatic rings. The van der Waals surface area contributed by atoms with Crippen molar-refractivity contribution in [1.82, 2.24) is 15.2 Å². The average Bonchev–Trinajstić information content (AvgIpc) is 2.70. The average molecular weight is 385 g/mol. The van der Waals surface area contributed by atoms with E-state index in [9.17, 15) is 8.78 Å². The van der Waals surface area contributed by atoms with Crippen molar-refractivity contribution in [2.75, 3.05) is 36.5 Å². The van der Waals surface area contributed by atoms with Gasteiger partial charge in [0.2, 0.25) is 0 Å². The van der Waals surface area contributed by atoms with Gasteiger partial charge in [0.1, 0.15) is 11.6 Å². The highest BCUT2D eigenvalue weighted by Gasteiger charge is 2.18. The molecule has 1 aliphatic heterocycles. The van der Waals surface area contributed by atoms with Gasteiger partial charge in [0.25, 0.3) is 0 Å². The van der Waals surface area contributed by atoms with Crippen LogP contribution in [0.15, 0.2) is 30.5 Å². The van der Waals surface area contributed by atoms with E-state index in [0.717, 1.165) is 41.4 Å². The van der Waals surface area contributed by atoms with E-state index in [1.165, 1.54) is 12.1 Å². The third-order valence-corrected chi connectivity index (χ3v) is 4.93. The topological polar surface area (TPSA) is 63.2 Å². The molecule has 4 rings (SSSR count). The summed E-state index contributed by atoms with van der Waals surface area (Å²) in [4.78, 5) is 6.78. The molecule has 146 valence electrons. The number of fused-ring (bicyclic) bond motifs is 1. The zero-order valence-electron chi connectivity index (χ0n) is 15.7. The lowest BCUT2D eigenvalue weighted by Crippen LogP contribution is -2.36. The van der Waals surface area contributed by atoms with E-state index in [1.807, 2.05) is 19.2 Å². The number of rotatable bonds is 4. The molecule has 1 N–H and O–H groups in total. The molecule has 3 heterocycles. The predicted molar refractivity (Wildman–Crippen MR) is 103 cm³/mol. The molecular weight excluding hydrogens is 364 g/mol. The van der Waals surface area contributed by atoms with E-state index in [0.29, 0.717) is 24.6 Å². The number of aryl methyl sites for hydroxylation is 1. The van der Waals surface area contributed by atoms with E-state index in [4.69, 9.17) is 4.74 Å². The normalized spacial score (nSPS) is 15.6. The van der Waals surface area contributed by atoms with Crippen molar-refractivity contribution in [3.8, 4) is 0 Å². The van der Waals surface area contributed by atoms with Crippen molar-refractivity contribution in [2.24, 2.45) is 0 Å². The number of anilines is 2. The molecular formula is C20H21F2N5O. The summed E-state index contributed by atoms with van der Waals surface area (Å²) < 4.78 is 32.8. The molecule has 1 fully saturated rings. The summed E-state index contributed by atoms with van der Waals surface area (Å²) in [7, 11) is 0. The van der Waals surface area contributed by atoms with E-state index < -0.39 is 17.7 Å². The van der Waals surface area contributed by atoms with Crippen LogP contribution in [0.25, 0.3) is 10.9 Å². The molecule has 0 unspecified atom stereocenters. The van der Waals surface area contributed by atoms with E-state index in [2.05, 4.69) is 25.4 Å². The standard InChI is InChI=1S/C20H21F2N5O/c1-12(16-4-3-14(21)9-18(16)22)24-20-17-10-15(27-5-7-28-8-6-27)11-23-19(17)13(2)25-26-20/h3-4,9-12H,5-8H2,1-2H3,(H,24,26)/t12-/m1/s1. The summed E-state index contributed by atoms with van der Waals surface area (Å²) in [5, 5.41) is 12.4. The van der Waals surface area contributed by atoms with Crippen molar-refractivity contribution < 1.29 is 13.5 Å². The fraction of sp³-hybridized carbons (Fsp3) is 0.350. The largest absolute Gasteiger partial charge is 0.378 e. The minimum Gasteiger partial charge on any atom is -0.378 e. The Kier molecular flexibility index (Phi) is 5.04. The number of ether oxygens (including phenoxy) is 1. The molecule has 1 aromatic carbocycles. The molecule has 0 saturated carbocycles. The van der Waals surface area contributed by atoms with Crippen LogP contribution >= 0.6 is 0 Å². The molecule has 0 amide bonds. The smallest absolute Gasteiger partial charge is 0.158 e. The van der Waals surface area contributed by atoms with Crippen LogP contribution in [0.4, 0.5) is 20.3 Å². The van der Waals surface area contributed by atoms with Gasteiger partial charge in [-0.1, -0.05) is 6.07 Å². The Morgan fingerprint density at radius 1 is 1.14 bits per heavy atom. The van der Waals surface area contributed by atoms with Gasteiger partial charge in [-0.25, -0.2) is 8.78 Å². The van der Waals surface area contributed by atoms with E-state index in [1.54, 1.807) is 6.92 Å². The summed E-state index contributed by atoms with van der Waals surface area (Å²) in [5.74, 6) is -0.690. The summed E-state index contributed by atoms with van der Waals surface area (Å²) in [6, 6.07) is 5.15. The molecule has 8 heteroatoms. The lowest BCUT2D eigenvalue weighted by Gasteiger charge is -2.28. The first-order valence-electron chi connectivity index (χ1n) is 9.20. The van der Waals surface area contributed by atoms with Crippen molar-refractivity contribution in [1.29, 1.82) is 0 Å². The predicted octanol–water partition coefficient (Wildman–Crippen LogP) is 3.62. The van der Waals surface area contributed by atoms with Crippen molar-refractivity contribution in [2.45, 2.75) is 19.9 Å². The van der Waals surface area contributed by atoms with Crippen LogP contribution in [0.2, 0.25) is 0 Å². The monoisotopic (exact) mass is 385 g/mol. The van der Waals surface area contributed by atoms with Gasteiger partial charge in [-0.2, -0.15) is 5.10 Å². The minimum atomic E-state index is -0.603. The second kappa shape index (κ2) is 7.63. The van der Waals surface area contributed by atoms with Crippen molar-refractivity contribution >= 4 is 22.4 Å². The molecule has 0 aliphatic carbocycles. The second-order valence-corrected chi connectivity index (χ2v) is 6.85. The highest BCUT2D eigenvalue weighted by atomic mass is 19.1. The summed E-state index contributed by atoms with van der Waals surface area (Å²) >= 11 is 0. The fourth-order valence-electron chi connectivity index (χ4n) is 3.39. The molecule has 28 heavy (non-hydrogen) atoms. The highest BCUT2D eigenvalue weighted by molar-refractivity contribution is 5.92. The van der Waals surface area contributed by atoms with E-state index in [-0.39, 0.29) is 0 Å². The lowest BCUT2D eigenvalue weighted by atomic mass is 10.1. The van der Waals surface area contributed by atoms with Crippen LogP contribution in [-0.2, 0) is 4.74 Å². The first-order chi connectivity index (χ1) is 13.5. The van der Waals surface area contributed by atoms with Gasteiger partial charge in [0.05, 0.1) is 42.4 Å². The lowest BCUT2D eigenvalue weighted by molar-refractivity contribution is 0.122. The number of nitrogens with one attached hydrogen (secondary N) is 1. The van der Waals surface area contributed by atoms with Gasteiger partial charge >= 0.3 is 0 Å². The molecule has 1 atom stereocenters. The first kappa shape index (κ1) is 18.5. The van der Waals surface area contributed by atoms with Gasteiger partial charge in [0.15, 0.2) is 5.82 Å². The van der Waals surface area contributed by atoms with E-state index >= 15 is 0 Å². The number of halogens is 2. The zero-order chi connectivity index (χ0) is 19.7. The van der Waals surface area contributed by atoms with Crippen molar-refractivity contribution in [3.63, 3.8) is 0 Å². The van der Waals surface area contributed by atoms with Gasteiger partial charge in [-0.3, -0.25) is 4.98 Å². The first-order valence-corrected chi connectivity index (χ1v) is 9.20. The number of benzene rings is 1. The van der Waals surface area contributed by atoms with Crippen molar-refractivity contribution in [3.05, 3.63) is 53.4 Å². The third kappa shape index (κ3) is 3.60. The van der Waals surface area contributed by atoms with Crippen LogP contribution in [0, 0.1) is 18.6 Å². The molecule has 0 radical (unpaired) electrons. The Bertz CT molecular complexity index is 1010. The van der Waals surface area contributed by atoms with Gasteiger partial charge < -0.3 is 15.0 Å². The number of hydrogen-bond donors (Lipinski definition) is 1.